The molecule has 0 fully saturated rings. The molecule has 0 spiro atoms. The molecule has 0 aliphatic carbocycles. The Labute approximate surface area is 57.4 Å². The highest BCUT2D eigenvalue weighted by Gasteiger charge is 1.90. The predicted molar refractivity (Wildman–Crippen MR) is 39.1 cm³/mol. The molecular formula is C7H17NO. The molecule has 2 N–H and O–H groups in total. The Morgan fingerprint density at radius 2 is 2.11 bits per heavy atom. The maximum Gasteiger partial charge on any atom is 0.102 e. The zero-order chi connectivity index (χ0) is 7.11. The SMILES string of the molecule is CCCCCOC(C)N. The first-order valence-electron chi connectivity index (χ1n) is 3.64. The van der Waals surface area contributed by atoms with Gasteiger partial charge in [0.1, 0.15) is 6.23 Å². The van der Waals surface area contributed by atoms with E-state index in [4.69, 9.17) is 10.5 Å². The van der Waals surface area contributed by atoms with Crippen LogP contribution in [-0.2, 0) is 4.74 Å². The minimum atomic E-state index is -0.0955. The summed E-state index contributed by atoms with van der Waals surface area (Å²) in [6.45, 7) is 4.84. The van der Waals surface area contributed by atoms with Gasteiger partial charge in [0.15, 0.2) is 0 Å². The van der Waals surface area contributed by atoms with Crippen molar-refractivity contribution in [3.63, 3.8) is 0 Å². The fourth-order valence-electron chi connectivity index (χ4n) is 0.621. The van der Waals surface area contributed by atoms with Crippen LogP contribution in [0.5, 0.6) is 0 Å². The molecule has 1 unspecified atom stereocenters. The second kappa shape index (κ2) is 6.05. The Bertz CT molecular complexity index is 54.9. The third kappa shape index (κ3) is 7.92. The normalized spacial score (nSPS) is 13.7. The molecule has 0 amide bonds. The lowest BCUT2D eigenvalue weighted by Crippen LogP contribution is -2.19. The molecular weight excluding hydrogens is 114 g/mol. The van der Waals surface area contributed by atoms with Crippen LogP contribution >= 0.6 is 0 Å². The second-order valence-electron chi connectivity index (χ2n) is 2.28. The van der Waals surface area contributed by atoms with E-state index < -0.39 is 0 Å². The van der Waals surface area contributed by atoms with E-state index in [0.717, 1.165) is 13.0 Å². The fraction of sp³-hybridized carbons (Fsp3) is 1.00. The highest BCUT2D eigenvalue weighted by Crippen LogP contribution is 1.94. The third-order valence-corrected chi connectivity index (χ3v) is 1.13. The van der Waals surface area contributed by atoms with Crippen LogP contribution in [0.1, 0.15) is 33.1 Å². The summed E-state index contributed by atoms with van der Waals surface area (Å²) >= 11 is 0. The van der Waals surface area contributed by atoms with Crippen molar-refractivity contribution in [3.8, 4) is 0 Å². The monoisotopic (exact) mass is 131 g/mol. The first-order chi connectivity index (χ1) is 4.27. The van der Waals surface area contributed by atoms with Crippen LogP contribution in [0.25, 0.3) is 0 Å². The standard InChI is InChI=1S/C7H17NO/c1-3-4-5-6-9-7(2)8/h7H,3-6,8H2,1-2H3. The number of rotatable bonds is 5. The molecule has 9 heavy (non-hydrogen) atoms. The maximum absolute atomic E-state index is 5.35. The zero-order valence-electron chi connectivity index (χ0n) is 6.39. The van der Waals surface area contributed by atoms with Gasteiger partial charge in [0.2, 0.25) is 0 Å². The predicted octanol–water partition coefficient (Wildman–Crippen LogP) is 1.50. The number of ether oxygens (including phenoxy) is 1. The van der Waals surface area contributed by atoms with E-state index in [2.05, 4.69) is 6.92 Å². The van der Waals surface area contributed by atoms with Gasteiger partial charge in [-0.1, -0.05) is 19.8 Å². The van der Waals surface area contributed by atoms with Crippen molar-refractivity contribution in [1.29, 1.82) is 0 Å². The van der Waals surface area contributed by atoms with Gasteiger partial charge in [-0.2, -0.15) is 0 Å². The smallest absolute Gasteiger partial charge is 0.102 e. The molecule has 1 atom stereocenters. The Morgan fingerprint density at radius 3 is 2.56 bits per heavy atom. The molecule has 0 heterocycles. The molecule has 0 bridgehead atoms. The largest absolute Gasteiger partial charge is 0.364 e. The van der Waals surface area contributed by atoms with E-state index in [1.165, 1.54) is 12.8 Å². The summed E-state index contributed by atoms with van der Waals surface area (Å²) < 4.78 is 5.12. The van der Waals surface area contributed by atoms with Crippen molar-refractivity contribution in [2.75, 3.05) is 6.61 Å². The summed E-state index contributed by atoms with van der Waals surface area (Å²) in [5, 5.41) is 0. The topological polar surface area (TPSA) is 35.2 Å². The quantitative estimate of drug-likeness (QED) is 0.453. The van der Waals surface area contributed by atoms with Gasteiger partial charge < -0.3 is 10.5 Å². The van der Waals surface area contributed by atoms with Gasteiger partial charge in [-0.15, -0.1) is 0 Å². The Kier molecular flexibility index (Phi) is 5.99. The van der Waals surface area contributed by atoms with Crippen molar-refractivity contribution in [1.82, 2.24) is 0 Å². The average Bonchev–Trinajstić information content (AvgIpc) is 1.80. The molecule has 56 valence electrons. The van der Waals surface area contributed by atoms with Crippen LogP contribution in [0, 0.1) is 0 Å². The summed E-state index contributed by atoms with van der Waals surface area (Å²) in [7, 11) is 0. The van der Waals surface area contributed by atoms with Crippen LogP contribution in [0.15, 0.2) is 0 Å². The lowest BCUT2D eigenvalue weighted by molar-refractivity contribution is 0.0679. The van der Waals surface area contributed by atoms with Crippen LogP contribution in [0.4, 0.5) is 0 Å². The van der Waals surface area contributed by atoms with Gasteiger partial charge in [0.05, 0.1) is 0 Å². The van der Waals surface area contributed by atoms with Gasteiger partial charge in [0.25, 0.3) is 0 Å². The Morgan fingerprint density at radius 1 is 1.44 bits per heavy atom. The molecule has 0 aliphatic rings. The van der Waals surface area contributed by atoms with Gasteiger partial charge in [-0.25, -0.2) is 0 Å². The van der Waals surface area contributed by atoms with E-state index >= 15 is 0 Å². The average molecular weight is 131 g/mol. The van der Waals surface area contributed by atoms with Crippen LogP contribution < -0.4 is 5.73 Å². The number of nitrogens with two attached hydrogens (primary N) is 1. The van der Waals surface area contributed by atoms with Crippen molar-refractivity contribution >= 4 is 0 Å². The first-order valence-corrected chi connectivity index (χ1v) is 3.64. The molecule has 0 aliphatic heterocycles. The minimum absolute atomic E-state index is 0.0955. The van der Waals surface area contributed by atoms with Crippen molar-refractivity contribution in [2.45, 2.75) is 39.3 Å². The highest BCUT2D eigenvalue weighted by atomic mass is 16.5. The summed E-state index contributed by atoms with van der Waals surface area (Å²) in [6, 6.07) is 0. The van der Waals surface area contributed by atoms with Crippen LogP contribution in [0.3, 0.4) is 0 Å². The molecule has 0 rings (SSSR count). The first kappa shape index (κ1) is 8.92. The fourth-order valence-corrected chi connectivity index (χ4v) is 0.621. The van der Waals surface area contributed by atoms with Crippen LogP contribution in [-0.4, -0.2) is 12.8 Å². The van der Waals surface area contributed by atoms with Crippen molar-refractivity contribution < 1.29 is 4.74 Å². The molecule has 0 radical (unpaired) electrons. The zero-order valence-corrected chi connectivity index (χ0v) is 6.39. The molecule has 2 nitrogen and oxygen atoms in total. The van der Waals surface area contributed by atoms with E-state index in [0.29, 0.717) is 0 Å². The van der Waals surface area contributed by atoms with Crippen molar-refractivity contribution in [3.05, 3.63) is 0 Å². The Balaban J connectivity index is 2.75. The minimum Gasteiger partial charge on any atom is -0.364 e. The highest BCUT2D eigenvalue weighted by molar-refractivity contribution is 4.38. The summed E-state index contributed by atoms with van der Waals surface area (Å²) in [5.41, 5.74) is 5.35. The van der Waals surface area contributed by atoms with Gasteiger partial charge in [0, 0.05) is 6.61 Å². The van der Waals surface area contributed by atoms with Gasteiger partial charge in [-0.05, 0) is 13.3 Å². The van der Waals surface area contributed by atoms with Gasteiger partial charge in [-0.3, -0.25) is 0 Å². The molecule has 0 saturated carbocycles. The van der Waals surface area contributed by atoms with E-state index in [-0.39, 0.29) is 6.23 Å². The molecule has 0 aromatic rings. The van der Waals surface area contributed by atoms with Crippen molar-refractivity contribution in [2.24, 2.45) is 5.73 Å². The number of hydrogen-bond acceptors (Lipinski definition) is 2. The van der Waals surface area contributed by atoms with E-state index in [1.807, 2.05) is 6.92 Å². The Hall–Kier alpha value is -0.0800. The van der Waals surface area contributed by atoms with Crippen LogP contribution in [0.2, 0.25) is 0 Å². The van der Waals surface area contributed by atoms with E-state index in [1.54, 1.807) is 0 Å². The van der Waals surface area contributed by atoms with E-state index in [9.17, 15) is 0 Å². The molecule has 0 aromatic carbocycles. The summed E-state index contributed by atoms with van der Waals surface area (Å²) in [6.07, 6.45) is 3.52. The summed E-state index contributed by atoms with van der Waals surface area (Å²) in [5.74, 6) is 0. The lowest BCUT2D eigenvalue weighted by atomic mass is 10.3. The maximum atomic E-state index is 5.35. The molecule has 2 heteroatoms. The number of hydrogen-bond donors (Lipinski definition) is 1. The summed E-state index contributed by atoms with van der Waals surface area (Å²) in [4.78, 5) is 0. The number of unbranched alkanes of at least 4 members (excludes halogenated alkanes) is 2. The molecule has 0 aromatic heterocycles. The van der Waals surface area contributed by atoms with Gasteiger partial charge >= 0.3 is 0 Å². The molecule has 0 saturated heterocycles. The third-order valence-electron chi connectivity index (χ3n) is 1.13. The second-order valence-corrected chi connectivity index (χ2v) is 2.28. The lowest BCUT2D eigenvalue weighted by Gasteiger charge is -2.05.